The Morgan fingerprint density at radius 1 is 1.38 bits per heavy atom. The zero-order chi connectivity index (χ0) is 17.1. The summed E-state index contributed by atoms with van der Waals surface area (Å²) in [6, 6.07) is 3.52. The van der Waals surface area contributed by atoms with Crippen LogP contribution in [0, 0.1) is 13.8 Å². The molecule has 0 unspecified atom stereocenters. The Balaban J connectivity index is 1.68. The van der Waals surface area contributed by atoms with Crippen molar-refractivity contribution in [3.05, 3.63) is 29.9 Å². The molecular formula is C15H17N5O3S. The maximum Gasteiger partial charge on any atom is 0.236 e. The lowest BCUT2D eigenvalue weighted by Gasteiger charge is -2.06. The van der Waals surface area contributed by atoms with Gasteiger partial charge >= 0.3 is 0 Å². The van der Waals surface area contributed by atoms with Crippen molar-refractivity contribution in [3.63, 3.8) is 0 Å². The number of aryl methyl sites for hydroxylation is 2. The summed E-state index contributed by atoms with van der Waals surface area (Å²) in [6.07, 6.45) is 1.62. The second kappa shape index (κ2) is 6.91. The number of rotatable bonds is 6. The summed E-state index contributed by atoms with van der Waals surface area (Å²) in [5.74, 6) is 2.59. The standard InChI is InChI=1S/C15H17N5O3S/c1-4-20-14(11-5-6-22-10(11)3)17-18-15(20)24-8-13(21)16-12-7-9(2)23-19-12/h5-7H,4,8H2,1-3H3,(H,16,19,21). The van der Waals surface area contributed by atoms with E-state index < -0.39 is 0 Å². The molecule has 0 spiro atoms. The van der Waals surface area contributed by atoms with E-state index in [1.54, 1.807) is 19.3 Å². The van der Waals surface area contributed by atoms with Gasteiger partial charge in [0, 0.05) is 12.6 Å². The molecule has 0 atom stereocenters. The molecule has 1 N–H and O–H groups in total. The zero-order valence-corrected chi connectivity index (χ0v) is 14.4. The van der Waals surface area contributed by atoms with Crippen LogP contribution >= 0.6 is 11.8 Å². The number of nitrogens with zero attached hydrogens (tertiary/aromatic N) is 4. The van der Waals surface area contributed by atoms with Crippen LogP contribution < -0.4 is 5.32 Å². The number of thioether (sulfide) groups is 1. The van der Waals surface area contributed by atoms with Gasteiger partial charge in [0.15, 0.2) is 16.8 Å². The van der Waals surface area contributed by atoms with Crippen molar-refractivity contribution in [2.24, 2.45) is 0 Å². The highest BCUT2D eigenvalue weighted by Crippen LogP contribution is 2.26. The molecule has 3 aromatic rings. The quantitative estimate of drug-likeness (QED) is 0.684. The third-order valence-corrected chi connectivity index (χ3v) is 4.33. The van der Waals surface area contributed by atoms with E-state index in [0.29, 0.717) is 23.3 Å². The lowest BCUT2D eigenvalue weighted by atomic mass is 10.2. The van der Waals surface area contributed by atoms with Gasteiger partial charge in [-0.1, -0.05) is 16.9 Å². The molecule has 3 aromatic heterocycles. The topological polar surface area (TPSA) is 99.0 Å². The van der Waals surface area contributed by atoms with Crippen LogP contribution in [0.3, 0.4) is 0 Å². The molecule has 1 amide bonds. The molecular weight excluding hydrogens is 330 g/mol. The molecule has 0 aliphatic carbocycles. The van der Waals surface area contributed by atoms with Crippen molar-refractivity contribution in [1.29, 1.82) is 0 Å². The predicted octanol–water partition coefficient (Wildman–Crippen LogP) is 2.89. The summed E-state index contributed by atoms with van der Waals surface area (Å²) in [4.78, 5) is 12.0. The third-order valence-electron chi connectivity index (χ3n) is 3.36. The number of aromatic nitrogens is 4. The van der Waals surface area contributed by atoms with Crippen LogP contribution in [-0.4, -0.2) is 31.6 Å². The number of amides is 1. The average Bonchev–Trinajstić information content (AvgIpc) is 3.25. The monoisotopic (exact) mass is 347 g/mol. The highest BCUT2D eigenvalue weighted by atomic mass is 32.2. The van der Waals surface area contributed by atoms with Gasteiger partial charge in [0.2, 0.25) is 5.91 Å². The van der Waals surface area contributed by atoms with Crippen LogP contribution in [0.25, 0.3) is 11.4 Å². The second-order valence-corrected chi connectivity index (χ2v) is 6.04. The molecule has 0 aromatic carbocycles. The minimum absolute atomic E-state index is 0.181. The molecule has 0 saturated carbocycles. The molecule has 0 aliphatic rings. The van der Waals surface area contributed by atoms with Gasteiger partial charge in [0.25, 0.3) is 0 Å². The SMILES string of the molecule is CCn1c(SCC(=O)Nc2cc(C)on2)nnc1-c1ccoc1C. The molecule has 0 saturated heterocycles. The minimum atomic E-state index is -0.181. The molecule has 126 valence electrons. The first-order valence-electron chi connectivity index (χ1n) is 7.42. The maximum atomic E-state index is 12.0. The number of carbonyl (C=O) groups excluding carboxylic acids is 1. The molecule has 8 nitrogen and oxygen atoms in total. The van der Waals surface area contributed by atoms with Crippen molar-refractivity contribution in [3.8, 4) is 11.4 Å². The first kappa shape index (κ1) is 16.3. The summed E-state index contributed by atoms with van der Waals surface area (Å²) in [7, 11) is 0. The lowest BCUT2D eigenvalue weighted by Crippen LogP contribution is -2.14. The molecule has 3 rings (SSSR count). The Morgan fingerprint density at radius 2 is 2.21 bits per heavy atom. The van der Waals surface area contributed by atoms with E-state index >= 15 is 0 Å². The smallest absolute Gasteiger partial charge is 0.236 e. The van der Waals surface area contributed by atoms with E-state index in [4.69, 9.17) is 8.94 Å². The van der Waals surface area contributed by atoms with Gasteiger partial charge in [-0.2, -0.15) is 0 Å². The fraction of sp³-hybridized carbons (Fsp3) is 0.333. The Bertz CT molecular complexity index is 851. The first-order valence-corrected chi connectivity index (χ1v) is 8.40. The normalized spacial score (nSPS) is 11.0. The van der Waals surface area contributed by atoms with Crippen molar-refractivity contribution in [1.82, 2.24) is 19.9 Å². The van der Waals surface area contributed by atoms with Gasteiger partial charge < -0.3 is 18.8 Å². The van der Waals surface area contributed by atoms with E-state index in [2.05, 4.69) is 20.7 Å². The molecule has 0 fully saturated rings. The Hall–Kier alpha value is -2.55. The Labute approximate surface area is 142 Å². The summed E-state index contributed by atoms with van der Waals surface area (Å²) < 4.78 is 12.2. The number of anilines is 1. The van der Waals surface area contributed by atoms with Gasteiger partial charge in [0.1, 0.15) is 11.5 Å². The Morgan fingerprint density at radius 3 is 2.83 bits per heavy atom. The van der Waals surface area contributed by atoms with E-state index in [1.807, 2.05) is 24.5 Å². The van der Waals surface area contributed by atoms with Crippen molar-refractivity contribution in [2.75, 3.05) is 11.1 Å². The predicted molar refractivity (Wildman–Crippen MR) is 88.7 cm³/mol. The van der Waals surface area contributed by atoms with Gasteiger partial charge in [-0.05, 0) is 26.8 Å². The average molecular weight is 347 g/mol. The van der Waals surface area contributed by atoms with Crippen LogP contribution in [0.1, 0.15) is 18.4 Å². The number of carbonyl (C=O) groups is 1. The lowest BCUT2D eigenvalue weighted by molar-refractivity contribution is -0.113. The molecule has 9 heteroatoms. The summed E-state index contributed by atoms with van der Waals surface area (Å²) in [6.45, 7) is 6.34. The molecule has 0 bridgehead atoms. The number of furan rings is 1. The van der Waals surface area contributed by atoms with E-state index in [-0.39, 0.29) is 11.7 Å². The fourth-order valence-corrected chi connectivity index (χ4v) is 3.03. The summed E-state index contributed by atoms with van der Waals surface area (Å²) in [5, 5.41) is 15.5. The van der Waals surface area contributed by atoms with E-state index in [9.17, 15) is 4.79 Å². The maximum absolute atomic E-state index is 12.0. The van der Waals surface area contributed by atoms with Crippen molar-refractivity contribution in [2.45, 2.75) is 32.5 Å². The number of hydrogen-bond donors (Lipinski definition) is 1. The van der Waals surface area contributed by atoms with Crippen LogP contribution in [0.5, 0.6) is 0 Å². The summed E-state index contributed by atoms with van der Waals surface area (Å²) >= 11 is 1.32. The largest absolute Gasteiger partial charge is 0.469 e. The highest BCUT2D eigenvalue weighted by molar-refractivity contribution is 7.99. The summed E-state index contributed by atoms with van der Waals surface area (Å²) in [5.41, 5.74) is 0.902. The Kier molecular flexibility index (Phi) is 4.70. The number of nitrogens with one attached hydrogen (secondary N) is 1. The van der Waals surface area contributed by atoms with Crippen LogP contribution in [0.4, 0.5) is 5.82 Å². The van der Waals surface area contributed by atoms with Crippen LogP contribution in [0.15, 0.2) is 32.5 Å². The third kappa shape index (κ3) is 3.35. The zero-order valence-electron chi connectivity index (χ0n) is 13.6. The molecule has 0 radical (unpaired) electrons. The molecule has 0 aliphatic heterocycles. The van der Waals surface area contributed by atoms with Crippen LogP contribution in [0.2, 0.25) is 0 Å². The fourth-order valence-electron chi connectivity index (χ4n) is 2.23. The van der Waals surface area contributed by atoms with Crippen LogP contribution in [-0.2, 0) is 11.3 Å². The van der Waals surface area contributed by atoms with E-state index in [0.717, 1.165) is 17.1 Å². The second-order valence-electron chi connectivity index (χ2n) is 5.10. The highest BCUT2D eigenvalue weighted by Gasteiger charge is 2.17. The number of hydrogen-bond acceptors (Lipinski definition) is 7. The van der Waals surface area contributed by atoms with Gasteiger partial charge in [-0.15, -0.1) is 10.2 Å². The van der Waals surface area contributed by atoms with E-state index in [1.165, 1.54) is 11.8 Å². The minimum Gasteiger partial charge on any atom is -0.469 e. The van der Waals surface area contributed by atoms with Gasteiger partial charge in [-0.25, -0.2) is 0 Å². The molecule has 24 heavy (non-hydrogen) atoms. The van der Waals surface area contributed by atoms with Crippen molar-refractivity contribution < 1.29 is 13.7 Å². The van der Waals surface area contributed by atoms with Crippen molar-refractivity contribution >= 4 is 23.5 Å². The molecule has 3 heterocycles. The van der Waals surface area contributed by atoms with Gasteiger partial charge in [-0.3, -0.25) is 4.79 Å². The first-order chi connectivity index (χ1) is 11.6. The van der Waals surface area contributed by atoms with Gasteiger partial charge in [0.05, 0.1) is 17.6 Å².